The zero-order valence-corrected chi connectivity index (χ0v) is 12.6. The van der Waals surface area contributed by atoms with Crippen LogP contribution in [0.3, 0.4) is 0 Å². The summed E-state index contributed by atoms with van der Waals surface area (Å²) in [4.78, 5) is 25.3. The van der Waals surface area contributed by atoms with Gasteiger partial charge in [0, 0.05) is 11.3 Å². The van der Waals surface area contributed by atoms with Gasteiger partial charge in [0.25, 0.3) is 0 Å². The second kappa shape index (κ2) is 9.86. The van der Waals surface area contributed by atoms with Crippen molar-refractivity contribution in [1.29, 1.82) is 0 Å². The number of ether oxygens (including phenoxy) is 2. The van der Waals surface area contributed by atoms with Gasteiger partial charge in [0.05, 0.1) is 13.0 Å². The minimum Gasteiger partial charge on any atom is -0.504 e. The topological polar surface area (TPSA) is 122 Å². The highest BCUT2D eigenvalue weighted by Crippen LogP contribution is 2.27. The molecule has 0 spiro atoms. The second-order valence-electron chi connectivity index (χ2n) is 4.34. The molecule has 8 nitrogen and oxygen atoms in total. The number of carbonyl (C=O) groups excluding carboxylic acids is 2. The van der Waals surface area contributed by atoms with Crippen molar-refractivity contribution in [1.82, 2.24) is 0 Å². The van der Waals surface area contributed by atoms with Crippen LogP contribution in [-0.2, 0) is 14.3 Å². The number of phenolic OH excluding ortho intramolecular Hbond substituents is 1. The Morgan fingerprint density at radius 3 is 2.87 bits per heavy atom. The van der Waals surface area contributed by atoms with E-state index in [0.29, 0.717) is 5.56 Å². The monoisotopic (exact) mass is 319 g/mol. The number of aromatic hydroxyl groups is 1. The number of nitrogens with zero attached hydrogens (tertiary/aromatic N) is 3. The average molecular weight is 319 g/mol. The summed E-state index contributed by atoms with van der Waals surface area (Å²) in [7, 11) is 0. The number of azide groups is 1. The molecule has 122 valence electrons. The van der Waals surface area contributed by atoms with Crippen LogP contribution in [0.1, 0.15) is 25.3 Å². The summed E-state index contributed by atoms with van der Waals surface area (Å²) in [5.74, 6) is -0.599. The Morgan fingerprint density at radius 2 is 2.17 bits per heavy atom. The predicted octanol–water partition coefficient (Wildman–Crippen LogP) is 2.96. The summed E-state index contributed by atoms with van der Waals surface area (Å²) in [5, 5.41) is 12.8. The first-order chi connectivity index (χ1) is 11.1. The molecule has 0 saturated carbocycles. The normalized spacial score (nSPS) is 10.1. The smallest absolute Gasteiger partial charge is 0.306 e. The highest BCUT2D eigenvalue weighted by molar-refractivity contribution is 5.95. The molecule has 0 atom stereocenters. The maximum atomic E-state index is 11.7. The van der Waals surface area contributed by atoms with E-state index in [1.165, 1.54) is 24.3 Å². The van der Waals surface area contributed by atoms with Gasteiger partial charge in [0.15, 0.2) is 24.0 Å². The van der Waals surface area contributed by atoms with Gasteiger partial charge < -0.3 is 14.6 Å². The fourth-order valence-electron chi connectivity index (χ4n) is 1.61. The lowest BCUT2D eigenvalue weighted by Crippen LogP contribution is -2.06. The predicted molar refractivity (Wildman–Crippen MR) is 82.7 cm³/mol. The Kier molecular flexibility index (Phi) is 7.74. The van der Waals surface area contributed by atoms with Crippen LogP contribution >= 0.6 is 0 Å². The first-order valence-corrected chi connectivity index (χ1v) is 6.90. The molecule has 0 unspecified atom stereocenters. The number of phenols is 1. The second-order valence-corrected chi connectivity index (χ2v) is 4.34. The van der Waals surface area contributed by atoms with Crippen molar-refractivity contribution in [3.05, 3.63) is 40.3 Å². The highest BCUT2D eigenvalue weighted by Gasteiger charge is 2.06. The van der Waals surface area contributed by atoms with Crippen LogP contribution in [0.25, 0.3) is 16.5 Å². The Balaban J connectivity index is 2.61. The molecule has 0 fully saturated rings. The summed E-state index contributed by atoms with van der Waals surface area (Å²) in [6.45, 7) is 1.73. The Labute approximate surface area is 133 Å². The van der Waals surface area contributed by atoms with Gasteiger partial charge in [0.2, 0.25) is 0 Å². The average Bonchev–Trinajstić information content (AvgIpc) is 2.54. The molecule has 0 radical (unpaired) electrons. The van der Waals surface area contributed by atoms with E-state index in [0.717, 1.165) is 0 Å². The van der Waals surface area contributed by atoms with Gasteiger partial charge in [0.1, 0.15) is 0 Å². The molecular formula is C15H17N3O5. The van der Waals surface area contributed by atoms with E-state index in [1.54, 1.807) is 13.0 Å². The molecule has 0 saturated heterocycles. The van der Waals surface area contributed by atoms with E-state index in [9.17, 15) is 14.7 Å². The fraction of sp³-hybridized carbons (Fsp3) is 0.333. The summed E-state index contributed by atoms with van der Waals surface area (Å²) in [6.07, 6.45) is 2.97. The Hall–Kier alpha value is -2.99. The standard InChI is InChI=1S/C15H17N3O5/c1-2-22-15(21)8-6-12(19)5-3-11-4-7-13(20)14(9-11)23-10-17-18-16/h3-5,7,9,20H,2,6,8,10H2,1H3/b5-3+. The molecule has 1 aromatic rings. The number of esters is 1. The fourth-order valence-corrected chi connectivity index (χ4v) is 1.61. The lowest BCUT2D eigenvalue weighted by Gasteiger charge is -2.06. The van der Waals surface area contributed by atoms with Crippen LogP contribution in [0.15, 0.2) is 29.4 Å². The van der Waals surface area contributed by atoms with Crippen molar-refractivity contribution in [2.75, 3.05) is 13.3 Å². The van der Waals surface area contributed by atoms with Crippen LogP contribution in [0.4, 0.5) is 0 Å². The minimum atomic E-state index is -0.410. The molecule has 1 N–H and O–H groups in total. The van der Waals surface area contributed by atoms with E-state index < -0.39 is 5.97 Å². The first kappa shape index (κ1) is 18.1. The van der Waals surface area contributed by atoms with Crippen LogP contribution in [0.2, 0.25) is 0 Å². The van der Waals surface area contributed by atoms with Gasteiger partial charge in [-0.15, -0.1) is 0 Å². The number of hydrogen-bond donors (Lipinski definition) is 1. The summed E-state index contributed by atoms with van der Waals surface area (Å²) < 4.78 is 9.82. The summed E-state index contributed by atoms with van der Waals surface area (Å²) >= 11 is 0. The molecule has 0 heterocycles. The Bertz CT molecular complexity index is 636. The Morgan fingerprint density at radius 1 is 1.39 bits per heavy atom. The third-order valence-electron chi connectivity index (χ3n) is 2.67. The molecule has 0 aliphatic rings. The van der Waals surface area contributed by atoms with Crippen LogP contribution in [-0.4, -0.2) is 30.2 Å². The molecule has 0 aliphatic carbocycles. The molecule has 0 aliphatic heterocycles. The van der Waals surface area contributed by atoms with Crippen LogP contribution in [0, 0.1) is 0 Å². The van der Waals surface area contributed by atoms with E-state index in [1.807, 2.05) is 0 Å². The molecular weight excluding hydrogens is 302 g/mol. The van der Waals surface area contributed by atoms with Gasteiger partial charge >= 0.3 is 5.97 Å². The maximum Gasteiger partial charge on any atom is 0.306 e. The molecule has 1 rings (SSSR count). The van der Waals surface area contributed by atoms with Crippen molar-refractivity contribution in [2.24, 2.45) is 5.11 Å². The van der Waals surface area contributed by atoms with E-state index in [-0.39, 0.29) is 43.5 Å². The van der Waals surface area contributed by atoms with Crippen molar-refractivity contribution in [3.8, 4) is 11.5 Å². The lowest BCUT2D eigenvalue weighted by molar-refractivity contribution is -0.144. The molecule has 0 bridgehead atoms. The number of ketones is 1. The molecule has 23 heavy (non-hydrogen) atoms. The van der Waals surface area contributed by atoms with Gasteiger partial charge in [-0.3, -0.25) is 9.59 Å². The van der Waals surface area contributed by atoms with Crippen molar-refractivity contribution < 1.29 is 24.2 Å². The zero-order chi connectivity index (χ0) is 17.1. The minimum absolute atomic E-state index is 0.0348. The zero-order valence-electron chi connectivity index (χ0n) is 12.6. The third kappa shape index (κ3) is 7.01. The molecule has 0 amide bonds. The largest absolute Gasteiger partial charge is 0.504 e. The summed E-state index contributed by atoms with van der Waals surface area (Å²) in [6, 6.07) is 4.48. The number of rotatable bonds is 9. The number of hydrogen-bond acceptors (Lipinski definition) is 6. The first-order valence-electron chi connectivity index (χ1n) is 6.90. The summed E-state index contributed by atoms with van der Waals surface area (Å²) in [5.41, 5.74) is 8.79. The molecule has 1 aromatic carbocycles. The maximum absolute atomic E-state index is 11.7. The molecule has 8 heteroatoms. The van der Waals surface area contributed by atoms with Crippen LogP contribution < -0.4 is 4.74 Å². The van der Waals surface area contributed by atoms with Gasteiger partial charge in [-0.05, 0) is 36.2 Å². The quantitative estimate of drug-likeness (QED) is 0.246. The number of allylic oxidation sites excluding steroid dienone is 1. The third-order valence-corrected chi connectivity index (χ3v) is 2.67. The van der Waals surface area contributed by atoms with E-state index in [2.05, 4.69) is 10.0 Å². The van der Waals surface area contributed by atoms with E-state index in [4.69, 9.17) is 15.0 Å². The van der Waals surface area contributed by atoms with Crippen molar-refractivity contribution >= 4 is 17.8 Å². The number of benzene rings is 1. The lowest BCUT2D eigenvalue weighted by atomic mass is 10.1. The van der Waals surface area contributed by atoms with Crippen molar-refractivity contribution in [3.63, 3.8) is 0 Å². The van der Waals surface area contributed by atoms with Crippen molar-refractivity contribution in [2.45, 2.75) is 19.8 Å². The highest BCUT2D eigenvalue weighted by atomic mass is 16.5. The van der Waals surface area contributed by atoms with Crippen LogP contribution in [0.5, 0.6) is 11.5 Å². The van der Waals surface area contributed by atoms with E-state index >= 15 is 0 Å². The number of carbonyl (C=O) groups is 2. The SMILES string of the molecule is CCOC(=O)CCC(=O)/C=C/c1ccc(O)c(OCN=[N+]=[N-])c1. The molecule has 0 aromatic heterocycles. The van der Waals surface area contributed by atoms with Gasteiger partial charge in [-0.1, -0.05) is 17.3 Å². The van der Waals surface area contributed by atoms with Gasteiger partial charge in [-0.2, -0.15) is 0 Å². The van der Waals surface area contributed by atoms with Gasteiger partial charge in [-0.25, -0.2) is 0 Å².